The first-order chi connectivity index (χ1) is 9.90. The second-order valence-electron chi connectivity index (χ2n) is 4.45. The van der Waals surface area contributed by atoms with Gasteiger partial charge in [-0.2, -0.15) is 0 Å². The zero-order valence-electron chi connectivity index (χ0n) is 11.1. The molecule has 21 heavy (non-hydrogen) atoms. The average molecular weight is 306 g/mol. The molecule has 2 aromatic carbocycles. The summed E-state index contributed by atoms with van der Waals surface area (Å²) in [5.74, 6) is -2.63. The lowest BCUT2D eigenvalue weighted by atomic mass is 10.1. The molecule has 0 unspecified atom stereocenters. The maximum atomic E-state index is 13.9. The Bertz CT molecular complexity index is 714. The summed E-state index contributed by atoms with van der Waals surface area (Å²) in [6.07, 6.45) is 0. The first kappa shape index (κ1) is 15.1. The van der Waals surface area contributed by atoms with Gasteiger partial charge >= 0.3 is 0 Å². The summed E-state index contributed by atoms with van der Waals surface area (Å²) in [5, 5.41) is 2.43. The third-order valence-corrected chi connectivity index (χ3v) is 3.17. The van der Waals surface area contributed by atoms with Crippen molar-refractivity contribution in [1.82, 2.24) is 0 Å². The molecule has 108 valence electrons. The Balaban J connectivity index is 2.26. The number of nitrogens with one attached hydrogen (secondary N) is 1. The number of benzene rings is 2. The van der Waals surface area contributed by atoms with Gasteiger partial charge in [-0.25, -0.2) is 8.78 Å². The molecule has 0 atom stereocenters. The van der Waals surface area contributed by atoms with Crippen LogP contribution in [-0.2, 0) is 0 Å². The predicted octanol–water partition coefficient (Wildman–Crippen LogP) is 3.16. The molecule has 2 rings (SSSR count). The fraction of sp³-hybridized carbons (Fsp3) is 0.0667. The molecule has 0 aliphatic carbocycles. The van der Waals surface area contributed by atoms with Crippen LogP contribution >= 0.6 is 12.2 Å². The number of thiocarbonyl (C=S) groups is 1. The SMILES string of the molecule is Cc1ccc(F)c(C(=O)Nc2ccc(C(N)=S)cc2)c1F. The van der Waals surface area contributed by atoms with E-state index in [1.807, 2.05) is 0 Å². The van der Waals surface area contributed by atoms with Crippen molar-refractivity contribution in [3.8, 4) is 0 Å². The second kappa shape index (κ2) is 5.97. The first-order valence-electron chi connectivity index (χ1n) is 6.06. The Hall–Kier alpha value is -2.34. The summed E-state index contributed by atoms with van der Waals surface area (Å²) in [6.45, 7) is 1.46. The average Bonchev–Trinajstić information content (AvgIpc) is 2.44. The summed E-state index contributed by atoms with van der Waals surface area (Å²) in [5.41, 5.74) is 6.08. The largest absolute Gasteiger partial charge is 0.389 e. The lowest BCUT2D eigenvalue weighted by Crippen LogP contribution is -2.17. The minimum atomic E-state index is -0.907. The van der Waals surface area contributed by atoms with E-state index in [4.69, 9.17) is 18.0 Å². The Morgan fingerprint density at radius 1 is 1.14 bits per heavy atom. The third kappa shape index (κ3) is 3.22. The van der Waals surface area contributed by atoms with E-state index in [0.29, 0.717) is 11.3 Å². The van der Waals surface area contributed by atoms with Gasteiger partial charge in [0.1, 0.15) is 22.2 Å². The number of hydrogen-bond donors (Lipinski definition) is 2. The molecule has 1 amide bonds. The zero-order chi connectivity index (χ0) is 15.6. The molecule has 3 nitrogen and oxygen atoms in total. The van der Waals surface area contributed by atoms with Crippen molar-refractivity contribution in [3.05, 3.63) is 64.7 Å². The molecular weight excluding hydrogens is 294 g/mol. The van der Waals surface area contributed by atoms with Crippen molar-refractivity contribution in [1.29, 1.82) is 0 Å². The minimum absolute atomic E-state index is 0.199. The highest BCUT2D eigenvalue weighted by Gasteiger charge is 2.19. The van der Waals surface area contributed by atoms with Gasteiger partial charge in [0, 0.05) is 11.3 Å². The highest BCUT2D eigenvalue weighted by Crippen LogP contribution is 2.18. The normalized spacial score (nSPS) is 10.2. The molecule has 0 aromatic heterocycles. The third-order valence-electron chi connectivity index (χ3n) is 2.94. The van der Waals surface area contributed by atoms with Crippen molar-refractivity contribution in [3.63, 3.8) is 0 Å². The van der Waals surface area contributed by atoms with Crippen LogP contribution in [0, 0.1) is 18.6 Å². The van der Waals surface area contributed by atoms with Gasteiger partial charge in [0.05, 0.1) is 0 Å². The van der Waals surface area contributed by atoms with Crippen molar-refractivity contribution in [2.45, 2.75) is 6.92 Å². The van der Waals surface area contributed by atoms with E-state index in [9.17, 15) is 13.6 Å². The molecule has 0 saturated carbocycles. The second-order valence-corrected chi connectivity index (χ2v) is 4.89. The predicted molar refractivity (Wildman–Crippen MR) is 81.4 cm³/mol. The molecule has 0 aliphatic heterocycles. The molecular formula is C15H12F2N2OS. The van der Waals surface area contributed by atoms with Gasteiger partial charge in [-0.15, -0.1) is 0 Å². The molecule has 2 aromatic rings. The van der Waals surface area contributed by atoms with Crippen molar-refractivity contribution in [2.75, 3.05) is 5.32 Å². The quantitative estimate of drug-likeness (QED) is 0.857. The maximum Gasteiger partial charge on any atom is 0.261 e. The number of rotatable bonds is 3. The molecule has 0 saturated heterocycles. The number of nitrogens with two attached hydrogens (primary N) is 1. The van der Waals surface area contributed by atoms with E-state index in [0.717, 1.165) is 6.07 Å². The monoisotopic (exact) mass is 306 g/mol. The molecule has 0 heterocycles. The minimum Gasteiger partial charge on any atom is -0.389 e. The van der Waals surface area contributed by atoms with Gasteiger partial charge in [-0.1, -0.05) is 18.3 Å². The van der Waals surface area contributed by atoms with E-state index in [1.165, 1.54) is 13.0 Å². The first-order valence-corrected chi connectivity index (χ1v) is 6.47. The molecule has 0 radical (unpaired) electrons. The van der Waals surface area contributed by atoms with Gasteiger partial charge in [0.2, 0.25) is 0 Å². The molecule has 6 heteroatoms. The Labute approximate surface area is 125 Å². The van der Waals surface area contributed by atoms with Crippen LogP contribution in [0.15, 0.2) is 36.4 Å². The Morgan fingerprint density at radius 3 is 2.33 bits per heavy atom. The summed E-state index contributed by atoms with van der Waals surface area (Å²) in [7, 11) is 0. The Morgan fingerprint density at radius 2 is 1.76 bits per heavy atom. The van der Waals surface area contributed by atoms with Crippen molar-refractivity contribution < 1.29 is 13.6 Å². The van der Waals surface area contributed by atoms with Crippen LogP contribution in [0.5, 0.6) is 0 Å². The Kier molecular flexibility index (Phi) is 4.28. The number of carbonyl (C=O) groups is 1. The van der Waals surface area contributed by atoms with Gasteiger partial charge in [0.15, 0.2) is 0 Å². The van der Waals surface area contributed by atoms with Crippen molar-refractivity contribution >= 4 is 28.8 Å². The summed E-state index contributed by atoms with van der Waals surface area (Å²) < 4.78 is 27.5. The van der Waals surface area contributed by atoms with E-state index in [2.05, 4.69) is 5.32 Å². The van der Waals surface area contributed by atoms with Crippen LogP contribution in [0.3, 0.4) is 0 Å². The van der Waals surface area contributed by atoms with Crippen molar-refractivity contribution in [2.24, 2.45) is 5.73 Å². The van der Waals surface area contributed by atoms with Crippen LogP contribution in [0.25, 0.3) is 0 Å². The van der Waals surface area contributed by atoms with E-state index in [1.54, 1.807) is 24.3 Å². The smallest absolute Gasteiger partial charge is 0.261 e. The highest BCUT2D eigenvalue weighted by atomic mass is 32.1. The number of carbonyl (C=O) groups excluding carboxylic acids is 1. The molecule has 0 fully saturated rings. The molecule has 0 aliphatic rings. The maximum absolute atomic E-state index is 13.9. The number of aryl methyl sites for hydroxylation is 1. The summed E-state index contributed by atoms with van der Waals surface area (Å²) >= 11 is 4.81. The standard InChI is InChI=1S/C15H12F2N2OS/c1-8-2-7-11(16)12(13(8)17)15(20)19-10-5-3-9(4-6-10)14(18)21/h2-7H,1H3,(H2,18,21)(H,19,20). The molecule has 0 spiro atoms. The van der Waals surface area contributed by atoms with Crippen LogP contribution in [0.1, 0.15) is 21.5 Å². The number of halogens is 2. The zero-order valence-corrected chi connectivity index (χ0v) is 11.9. The van der Waals surface area contributed by atoms with Gasteiger partial charge in [0.25, 0.3) is 5.91 Å². The fourth-order valence-electron chi connectivity index (χ4n) is 1.78. The van der Waals surface area contributed by atoms with Crippen LogP contribution < -0.4 is 11.1 Å². The van der Waals surface area contributed by atoms with Gasteiger partial charge in [-0.3, -0.25) is 4.79 Å². The van der Waals surface area contributed by atoms with Crippen LogP contribution in [-0.4, -0.2) is 10.9 Å². The fourth-order valence-corrected chi connectivity index (χ4v) is 1.91. The summed E-state index contributed by atoms with van der Waals surface area (Å²) in [4.78, 5) is 12.2. The van der Waals surface area contributed by atoms with Crippen LogP contribution in [0.4, 0.5) is 14.5 Å². The van der Waals surface area contributed by atoms with E-state index >= 15 is 0 Å². The van der Waals surface area contributed by atoms with E-state index in [-0.39, 0.29) is 10.6 Å². The number of anilines is 1. The lowest BCUT2D eigenvalue weighted by Gasteiger charge is -2.09. The topological polar surface area (TPSA) is 55.1 Å². The van der Waals surface area contributed by atoms with Gasteiger partial charge in [-0.05, 0) is 42.8 Å². The highest BCUT2D eigenvalue weighted by molar-refractivity contribution is 7.80. The molecule has 0 bridgehead atoms. The molecule has 3 N–H and O–H groups in total. The van der Waals surface area contributed by atoms with E-state index < -0.39 is 23.1 Å². The lowest BCUT2D eigenvalue weighted by molar-refractivity contribution is 0.101. The number of hydrogen-bond acceptors (Lipinski definition) is 2. The summed E-state index contributed by atoms with van der Waals surface area (Å²) in [6, 6.07) is 8.67. The van der Waals surface area contributed by atoms with Crippen LogP contribution in [0.2, 0.25) is 0 Å². The number of amides is 1. The van der Waals surface area contributed by atoms with Gasteiger partial charge < -0.3 is 11.1 Å².